The van der Waals surface area contributed by atoms with Crippen molar-refractivity contribution in [2.45, 2.75) is 45.3 Å². The van der Waals surface area contributed by atoms with Crippen LogP contribution in [-0.4, -0.2) is 23.6 Å². The minimum atomic E-state index is -0.279. The summed E-state index contributed by atoms with van der Waals surface area (Å²) in [6.07, 6.45) is 5.58. The predicted octanol–water partition coefficient (Wildman–Crippen LogP) is 2.87. The van der Waals surface area contributed by atoms with E-state index in [1.165, 1.54) is 19.0 Å². The van der Waals surface area contributed by atoms with E-state index in [4.69, 9.17) is 0 Å². The molecule has 1 N–H and O–H groups in total. The van der Waals surface area contributed by atoms with Crippen LogP contribution in [0.25, 0.3) is 0 Å². The Balaban J connectivity index is 2.21. The SMILES string of the molecule is C=CCN(c1ncc(F)cc1CNC1CC1)C(C)C. The van der Waals surface area contributed by atoms with Crippen LogP contribution in [0.15, 0.2) is 24.9 Å². The number of rotatable bonds is 7. The molecule has 1 fully saturated rings. The molecule has 0 unspecified atom stereocenters. The molecule has 0 atom stereocenters. The molecule has 1 aliphatic carbocycles. The van der Waals surface area contributed by atoms with Crippen LogP contribution >= 0.6 is 0 Å². The highest BCUT2D eigenvalue weighted by molar-refractivity contribution is 5.48. The Morgan fingerprint density at radius 3 is 2.89 bits per heavy atom. The van der Waals surface area contributed by atoms with Crippen LogP contribution in [0.5, 0.6) is 0 Å². The van der Waals surface area contributed by atoms with Crippen molar-refractivity contribution < 1.29 is 4.39 Å². The first-order valence-electron chi connectivity index (χ1n) is 6.87. The van der Waals surface area contributed by atoms with Crippen molar-refractivity contribution in [3.63, 3.8) is 0 Å². The predicted molar refractivity (Wildman–Crippen MR) is 76.7 cm³/mol. The fourth-order valence-electron chi connectivity index (χ4n) is 2.09. The van der Waals surface area contributed by atoms with Crippen LogP contribution in [0.3, 0.4) is 0 Å². The van der Waals surface area contributed by atoms with Crippen molar-refractivity contribution in [2.75, 3.05) is 11.4 Å². The molecule has 0 bridgehead atoms. The molecule has 2 rings (SSSR count). The van der Waals surface area contributed by atoms with Gasteiger partial charge in [-0.25, -0.2) is 9.37 Å². The van der Waals surface area contributed by atoms with E-state index in [1.807, 2.05) is 6.08 Å². The number of pyridine rings is 1. The second kappa shape index (κ2) is 6.15. The third kappa shape index (κ3) is 3.77. The summed E-state index contributed by atoms with van der Waals surface area (Å²) in [5.41, 5.74) is 0.919. The Morgan fingerprint density at radius 2 is 2.32 bits per heavy atom. The topological polar surface area (TPSA) is 28.2 Å². The average molecular weight is 263 g/mol. The van der Waals surface area contributed by atoms with E-state index in [-0.39, 0.29) is 5.82 Å². The van der Waals surface area contributed by atoms with Gasteiger partial charge in [-0.3, -0.25) is 0 Å². The summed E-state index contributed by atoms with van der Waals surface area (Å²) in [6.45, 7) is 9.38. The van der Waals surface area contributed by atoms with Crippen molar-refractivity contribution in [3.05, 3.63) is 36.3 Å². The summed E-state index contributed by atoms with van der Waals surface area (Å²) in [6, 6.07) is 2.48. The van der Waals surface area contributed by atoms with Gasteiger partial charge in [0.1, 0.15) is 11.6 Å². The fourth-order valence-corrected chi connectivity index (χ4v) is 2.09. The van der Waals surface area contributed by atoms with Crippen LogP contribution in [0.4, 0.5) is 10.2 Å². The van der Waals surface area contributed by atoms with Crippen molar-refractivity contribution in [1.29, 1.82) is 0 Å². The van der Waals surface area contributed by atoms with Gasteiger partial charge in [-0.15, -0.1) is 6.58 Å². The molecule has 1 aliphatic rings. The molecule has 1 saturated carbocycles. The molecule has 104 valence electrons. The number of halogens is 1. The third-order valence-electron chi connectivity index (χ3n) is 3.29. The maximum absolute atomic E-state index is 13.4. The van der Waals surface area contributed by atoms with E-state index in [0.717, 1.165) is 11.4 Å². The molecule has 19 heavy (non-hydrogen) atoms. The van der Waals surface area contributed by atoms with E-state index in [1.54, 1.807) is 6.07 Å². The highest BCUT2D eigenvalue weighted by Crippen LogP contribution is 2.24. The van der Waals surface area contributed by atoms with Gasteiger partial charge in [0.15, 0.2) is 0 Å². The Hall–Kier alpha value is -1.42. The first-order chi connectivity index (χ1) is 9.11. The Labute approximate surface area is 114 Å². The summed E-state index contributed by atoms with van der Waals surface area (Å²) < 4.78 is 13.4. The standard InChI is InChI=1S/C15H22FN3/c1-4-7-19(11(2)3)15-12(8-13(16)10-18-15)9-17-14-5-6-14/h4,8,10-11,14,17H,1,5-7,9H2,2-3H3. The van der Waals surface area contributed by atoms with Gasteiger partial charge in [-0.2, -0.15) is 0 Å². The molecule has 0 aliphatic heterocycles. The quantitative estimate of drug-likeness (QED) is 0.767. The number of anilines is 1. The maximum atomic E-state index is 13.4. The molecule has 1 aromatic rings. The Bertz CT molecular complexity index is 441. The van der Waals surface area contributed by atoms with Crippen molar-refractivity contribution >= 4 is 5.82 Å². The monoisotopic (exact) mass is 263 g/mol. The lowest BCUT2D eigenvalue weighted by molar-refractivity contribution is 0.606. The molecule has 0 saturated heterocycles. The molecule has 0 spiro atoms. The van der Waals surface area contributed by atoms with Gasteiger partial charge in [0, 0.05) is 30.7 Å². The van der Waals surface area contributed by atoms with E-state index in [0.29, 0.717) is 25.2 Å². The maximum Gasteiger partial charge on any atom is 0.141 e. The number of hydrogen-bond acceptors (Lipinski definition) is 3. The zero-order chi connectivity index (χ0) is 13.8. The van der Waals surface area contributed by atoms with E-state index < -0.39 is 0 Å². The van der Waals surface area contributed by atoms with Crippen molar-refractivity contribution in [3.8, 4) is 0 Å². The molecule has 1 aromatic heterocycles. The van der Waals surface area contributed by atoms with Gasteiger partial charge in [-0.05, 0) is 32.8 Å². The number of aromatic nitrogens is 1. The summed E-state index contributed by atoms with van der Waals surface area (Å²) in [5, 5.41) is 3.42. The fraction of sp³-hybridized carbons (Fsp3) is 0.533. The van der Waals surface area contributed by atoms with Crippen LogP contribution in [0.1, 0.15) is 32.3 Å². The third-order valence-corrected chi connectivity index (χ3v) is 3.29. The van der Waals surface area contributed by atoms with Gasteiger partial charge in [0.25, 0.3) is 0 Å². The van der Waals surface area contributed by atoms with Gasteiger partial charge < -0.3 is 10.2 Å². The second-order valence-corrected chi connectivity index (χ2v) is 5.33. The van der Waals surface area contributed by atoms with Gasteiger partial charge in [0.2, 0.25) is 0 Å². The smallest absolute Gasteiger partial charge is 0.141 e. The van der Waals surface area contributed by atoms with Crippen LogP contribution in [0, 0.1) is 5.82 Å². The van der Waals surface area contributed by atoms with Gasteiger partial charge >= 0.3 is 0 Å². The minimum Gasteiger partial charge on any atom is -0.350 e. The van der Waals surface area contributed by atoms with Crippen LogP contribution < -0.4 is 10.2 Å². The zero-order valence-corrected chi connectivity index (χ0v) is 11.7. The summed E-state index contributed by atoms with van der Waals surface area (Å²) in [7, 11) is 0. The average Bonchev–Trinajstić information content (AvgIpc) is 3.18. The summed E-state index contributed by atoms with van der Waals surface area (Å²) in [5.74, 6) is 0.572. The van der Waals surface area contributed by atoms with Crippen LogP contribution in [0.2, 0.25) is 0 Å². The summed E-state index contributed by atoms with van der Waals surface area (Å²) in [4.78, 5) is 6.42. The van der Waals surface area contributed by atoms with Crippen molar-refractivity contribution in [2.24, 2.45) is 0 Å². The molecular formula is C15H22FN3. The van der Waals surface area contributed by atoms with Gasteiger partial charge in [0.05, 0.1) is 6.20 Å². The highest BCUT2D eigenvalue weighted by Gasteiger charge is 2.22. The molecule has 1 heterocycles. The lowest BCUT2D eigenvalue weighted by atomic mass is 10.2. The molecule has 4 heteroatoms. The van der Waals surface area contributed by atoms with Gasteiger partial charge in [-0.1, -0.05) is 6.08 Å². The molecular weight excluding hydrogens is 241 g/mol. The molecule has 3 nitrogen and oxygen atoms in total. The number of nitrogens with zero attached hydrogens (tertiary/aromatic N) is 2. The first-order valence-corrected chi connectivity index (χ1v) is 6.87. The summed E-state index contributed by atoms with van der Waals surface area (Å²) >= 11 is 0. The Kier molecular flexibility index (Phi) is 4.53. The Morgan fingerprint density at radius 1 is 1.58 bits per heavy atom. The van der Waals surface area contributed by atoms with E-state index in [2.05, 4.69) is 35.6 Å². The second-order valence-electron chi connectivity index (χ2n) is 5.33. The molecule has 0 radical (unpaired) electrons. The normalized spacial score (nSPS) is 14.7. The number of hydrogen-bond donors (Lipinski definition) is 1. The zero-order valence-electron chi connectivity index (χ0n) is 11.7. The lowest BCUT2D eigenvalue weighted by Crippen LogP contribution is -2.33. The number of nitrogens with one attached hydrogen (secondary N) is 1. The molecule has 0 amide bonds. The molecule has 0 aromatic carbocycles. The largest absolute Gasteiger partial charge is 0.350 e. The minimum absolute atomic E-state index is 0.279. The lowest BCUT2D eigenvalue weighted by Gasteiger charge is -2.28. The first kappa shape index (κ1) is 14.0. The highest BCUT2D eigenvalue weighted by atomic mass is 19.1. The van der Waals surface area contributed by atoms with Crippen molar-refractivity contribution in [1.82, 2.24) is 10.3 Å². The van der Waals surface area contributed by atoms with E-state index in [9.17, 15) is 4.39 Å². The van der Waals surface area contributed by atoms with E-state index >= 15 is 0 Å². The van der Waals surface area contributed by atoms with Crippen LogP contribution in [-0.2, 0) is 6.54 Å².